The second-order valence-corrected chi connectivity index (χ2v) is 7.15. The van der Waals surface area contributed by atoms with E-state index in [0.717, 1.165) is 17.0 Å². The van der Waals surface area contributed by atoms with E-state index in [1.807, 2.05) is 13.0 Å². The van der Waals surface area contributed by atoms with E-state index in [2.05, 4.69) is 4.72 Å². The third-order valence-electron chi connectivity index (χ3n) is 2.53. The summed E-state index contributed by atoms with van der Waals surface area (Å²) >= 11 is 1.39. The molecule has 0 spiro atoms. The fourth-order valence-corrected chi connectivity index (χ4v) is 3.41. The van der Waals surface area contributed by atoms with Crippen LogP contribution in [0.2, 0.25) is 0 Å². The van der Waals surface area contributed by atoms with Crippen LogP contribution in [0.4, 0.5) is 10.1 Å². The fourth-order valence-electron chi connectivity index (χ4n) is 1.56. The van der Waals surface area contributed by atoms with Gasteiger partial charge in [0.25, 0.3) is 10.0 Å². The van der Waals surface area contributed by atoms with Crippen LogP contribution in [0, 0.1) is 24.1 Å². The number of allylic oxidation sites excluding steroid dienone is 1. The lowest BCUT2D eigenvalue weighted by molar-refractivity contribution is 0.608. The molecule has 1 aromatic carbocycles. The number of sulfonamides is 1. The van der Waals surface area contributed by atoms with Crippen molar-refractivity contribution in [3.05, 3.63) is 56.9 Å². The zero-order chi connectivity index (χ0) is 15.5. The quantitative estimate of drug-likeness (QED) is 0.876. The largest absolute Gasteiger partial charge is 0.279 e. The number of anilines is 1. The van der Waals surface area contributed by atoms with E-state index >= 15 is 0 Å². The average Bonchev–Trinajstić information content (AvgIpc) is 2.84. The van der Waals surface area contributed by atoms with Crippen LogP contribution >= 0.6 is 11.3 Å². The summed E-state index contributed by atoms with van der Waals surface area (Å²) in [5.74, 6) is -0.469. The van der Waals surface area contributed by atoms with E-state index < -0.39 is 20.7 Å². The number of hydrogen-bond donors (Lipinski definition) is 1. The van der Waals surface area contributed by atoms with E-state index in [1.54, 1.807) is 12.1 Å². The molecule has 21 heavy (non-hydrogen) atoms. The van der Waals surface area contributed by atoms with Gasteiger partial charge in [-0.25, -0.2) is 12.8 Å². The molecule has 0 amide bonds. The van der Waals surface area contributed by atoms with Crippen molar-refractivity contribution < 1.29 is 12.8 Å². The molecule has 1 heterocycles. The van der Waals surface area contributed by atoms with Gasteiger partial charge in [0.05, 0.1) is 0 Å². The molecule has 108 valence electrons. The van der Waals surface area contributed by atoms with Gasteiger partial charge < -0.3 is 0 Å². The Bertz CT molecular complexity index is 815. The molecule has 4 nitrogen and oxygen atoms in total. The highest BCUT2D eigenvalue weighted by atomic mass is 32.2. The van der Waals surface area contributed by atoms with Crippen LogP contribution in [-0.4, -0.2) is 8.42 Å². The topological polar surface area (TPSA) is 70.0 Å². The molecule has 1 N–H and O–H groups in total. The summed E-state index contributed by atoms with van der Waals surface area (Å²) < 4.78 is 39.3. The Balaban J connectivity index is 2.30. The first kappa shape index (κ1) is 15.2. The first-order valence-corrected chi connectivity index (χ1v) is 8.17. The summed E-state index contributed by atoms with van der Waals surface area (Å²) in [4.78, 5) is 1.30. The molecule has 0 fully saturated rings. The smallest absolute Gasteiger partial charge is 0.272 e. The van der Waals surface area contributed by atoms with Gasteiger partial charge in [-0.3, -0.25) is 4.72 Å². The SMILES string of the molecule is Cc1ccc(C=C(C#N)S(=O)(=O)Nc2ccc(F)cc2)s1. The summed E-state index contributed by atoms with van der Waals surface area (Å²) in [6, 6.07) is 10.1. The Morgan fingerprint density at radius 3 is 2.48 bits per heavy atom. The van der Waals surface area contributed by atoms with Crippen LogP contribution < -0.4 is 4.72 Å². The third kappa shape index (κ3) is 3.90. The van der Waals surface area contributed by atoms with E-state index in [0.29, 0.717) is 4.88 Å². The molecule has 0 atom stereocenters. The summed E-state index contributed by atoms with van der Waals surface area (Å²) in [6.07, 6.45) is 1.31. The number of nitrogens with one attached hydrogen (secondary N) is 1. The van der Waals surface area contributed by atoms with Crippen molar-refractivity contribution in [2.24, 2.45) is 0 Å². The Morgan fingerprint density at radius 2 is 1.95 bits per heavy atom. The van der Waals surface area contributed by atoms with Crippen LogP contribution in [0.25, 0.3) is 6.08 Å². The van der Waals surface area contributed by atoms with Gasteiger partial charge in [-0.05, 0) is 49.4 Å². The zero-order valence-electron chi connectivity index (χ0n) is 11.0. The van der Waals surface area contributed by atoms with Gasteiger partial charge in [-0.1, -0.05) is 0 Å². The van der Waals surface area contributed by atoms with Crippen LogP contribution in [0.1, 0.15) is 9.75 Å². The Hall–Kier alpha value is -2.17. The third-order valence-corrected chi connectivity index (χ3v) is 4.77. The number of halogens is 1. The van der Waals surface area contributed by atoms with Crippen molar-refractivity contribution in [3.63, 3.8) is 0 Å². The van der Waals surface area contributed by atoms with Crippen LogP contribution in [-0.2, 0) is 10.0 Å². The Kier molecular flexibility index (Phi) is 4.40. The van der Waals surface area contributed by atoms with Crippen LogP contribution in [0.15, 0.2) is 41.3 Å². The monoisotopic (exact) mass is 322 g/mol. The number of aryl methyl sites for hydroxylation is 1. The molecule has 0 aliphatic rings. The number of rotatable bonds is 4. The highest BCUT2D eigenvalue weighted by Crippen LogP contribution is 2.21. The molecular weight excluding hydrogens is 311 g/mol. The minimum absolute atomic E-state index is 0.194. The van der Waals surface area contributed by atoms with Crippen molar-refractivity contribution in [3.8, 4) is 6.07 Å². The highest BCUT2D eigenvalue weighted by molar-refractivity contribution is 7.97. The van der Waals surface area contributed by atoms with Crippen LogP contribution in [0.5, 0.6) is 0 Å². The van der Waals surface area contributed by atoms with E-state index in [4.69, 9.17) is 5.26 Å². The molecule has 0 aliphatic carbocycles. The molecule has 2 aromatic rings. The molecule has 0 unspecified atom stereocenters. The fraction of sp³-hybridized carbons (Fsp3) is 0.0714. The zero-order valence-corrected chi connectivity index (χ0v) is 12.6. The van der Waals surface area contributed by atoms with Gasteiger partial charge in [-0.2, -0.15) is 5.26 Å². The van der Waals surface area contributed by atoms with Crippen molar-refractivity contribution in [2.75, 3.05) is 4.72 Å². The van der Waals surface area contributed by atoms with Crippen molar-refractivity contribution in [1.29, 1.82) is 5.26 Å². The molecule has 0 saturated carbocycles. The second kappa shape index (κ2) is 6.08. The molecule has 7 heteroatoms. The number of thiophene rings is 1. The molecule has 0 saturated heterocycles. The van der Waals surface area contributed by atoms with Crippen molar-refractivity contribution in [2.45, 2.75) is 6.92 Å². The Morgan fingerprint density at radius 1 is 1.29 bits per heavy atom. The minimum atomic E-state index is -3.99. The van der Waals surface area contributed by atoms with Gasteiger partial charge in [0.2, 0.25) is 0 Å². The number of nitrogens with zero attached hydrogens (tertiary/aromatic N) is 1. The van der Waals surface area contributed by atoms with Gasteiger partial charge in [-0.15, -0.1) is 11.3 Å². The average molecular weight is 322 g/mol. The summed E-state index contributed by atoms with van der Waals surface area (Å²) in [5, 5.41) is 9.06. The lowest BCUT2D eigenvalue weighted by Crippen LogP contribution is -2.14. The first-order valence-electron chi connectivity index (χ1n) is 5.87. The molecule has 2 rings (SSSR count). The lowest BCUT2D eigenvalue weighted by Gasteiger charge is -2.06. The van der Waals surface area contributed by atoms with E-state index in [9.17, 15) is 12.8 Å². The summed E-state index contributed by atoms with van der Waals surface area (Å²) in [6.45, 7) is 1.89. The summed E-state index contributed by atoms with van der Waals surface area (Å²) in [7, 11) is -3.99. The molecular formula is C14H11FN2O2S2. The predicted octanol–water partition coefficient (Wildman–Crippen LogP) is 3.50. The lowest BCUT2D eigenvalue weighted by atomic mass is 10.3. The molecule has 0 bridgehead atoms. The normalized spacial score (nSPS) is 12.0. The standard InChI is InChI=1S/C14H11FN2O2S2/c1-10-2-7-13(20-10)8-14(9-16)21(18,19)17-12-5-3-11(15)4-6-12/h2-8,17H,1H3. The number of hydrogen-bond acceptors (Lipinski definition) is 4. The number of benzene rings is 1. The minimum Gasteiger partial charge on any atom is -0.279 e. The molecule has 0 radical (unpaired) electrons. The maximum absolute atomic E-state index is 12.8. The summed E-state index contributed by atoms with van der Waals surface area (Å²) in [5.41, 5.74) is 0.194. The highest BCUT2D eigenvalue weighted by Gasteiger charge is 2.18. The molecule has 0 aliphatic heterocycles. The number of nitriles is 1. The van der Waals surface area contributed by atoms with Crippen LogP contribution in [0.3, 0.4) is 0 Å². The predicted molar refractivity (Wildman–Crippen MR) is 81.6 cm³/mol. The van der Waals surface area contributed by atoms with Crippen molar-refractivity contribution >= 4 is 33.1 Å². The van der Waals surface area contributed by atoms with Gasteiger partial charge in [0.15, 0.2) is 4.91 Å². The van der Waals surface area contributed by atoms with Gasteiger partial charge >= 0.3 is 0 Å². The Labute approximate surface area is 126 Å². The molecule has 1 aromatic heterocycles. The van der Waals surface area contributed by atoms with Crippen molar-refractivity contribution in [1.82, 2.24) is 0 Å². The van der Waals surface area contributed by atoms with Gasteiger partial charge in [0, 0.05) is 15.4 Å². The first-order chi connectivity index (χ1) is 9.90. The maximum Gasteiger partial charge on any atom is 0.272 e. The maximum atomic E-state index is 12.8. The van der Waals surface area contributed by atoms with E-state index in [1.165, 1.54) is 29.5 Å². The van der Waals surface area contributed by atoms with E-state index in [-0.39, 0.29) is 5.69 Å². The second-order valence-electron chi connectivity index (χ2n) is 4.18. The van der Waals surface area contributed by atoms with Gasteiger partial charge in [0.1, 0.15) is 11.9 Å².